The van der Waals surface area contributed by atoms with E-state index in [1.54, 1.807) is 19.2 Å². The summed E-state index contributed by atoms with van der Waals surface area (Å²) in [6.45, 7) is 1.67. The third kappa shape index (κ3) is 4.78. The Morgan fingerprint density at radius 3 is 2.50 bits per heavy atom. The molecule has 28 heavy (non-hydrogen) atoms. The van der Waals surface area contributed by atoms with Crippen molar-refractivity contribution in [3.8, 4) is 17.4 Å². The molecule has 144 valence electrons. The van der Waals surface area contributed by atoms with Crippen LogP contribution in [0.5, 0.6) is 17.4 Å². The number of carbonyl (C=O) groups is 1. The van der Waals surface area contributed by atoms with Crippen LogP contribution in [-0.4, -0.2) is 18.0 Å². The summed E-state index contributed by atoms with van der Waals surface area (Å²) in [4.78, 5) is 17.7. The van der Waals surface area contributed by atoms with Crippen molar-refractivity contribution in [1.82, 2.24) is 4.98 Å². The number of hydrogen-bond acceptors (Lipinski definition) is 4. The molecule has 3 rings (SSSR count). The van der Waals surface area contributed by atoms with Crippen LogP contribution in [-0.2, 0) is 11.3 Å². The molecule has 0 fully saturated rings. The largest absolute Gasteiger partial charge is 0.496 e. The number of anilines is 1. The topological polar surface area (TPSA) is 51.7 Å². The standard InChI is InChI=1S/C21H18FIN2O3/c1-14(26)25(13-15-5-3-4-6-19(15)27-2)18-11-12-20(22)24-21(18)28-17-9-7-16(23)8-10-17/h3-12H,13H2,1-2H3. The van der Waals surface area contributed by atoms with Gasteiger partial charge in [0, 0.05) is 16.1 Å². The number of pyridine rings is 1. The van der Waals surface area contributed by atoms with Gasteiger partial charge in [0.1, 0.15) is 17.2 Å². The molecular weight excluding hydrogens is 474 g/mol. The number of hydrogen-bond donors (Lipinski definition) is 0. The van der Waals surface area contributed by atoms with Gasteiger partial charge >= 0.3 is 0 Å². The number of aromatic nitrogens is 1. The third-order valence-electron chi connectivity index (χ3n) is 4.03. The molecule has 0 spiro atoms. The number of methoxy groups -OCH3 is 1. The van der Waals surface area contributed by atoms with E-state index in [4.69, 9.17) is 9.47 Å². The summed E-state index contributed by atoms with van der Waals surface area (Å²) in [5.41, 5.74) is 1.18. The maximum absolute atomic E-state index is 13.8. The van der Waals surface area contributed by atoms with Crippen molar-refractivity contribution in [2.75, 3.05) is 12.0 Å². The first-order chi connectivity index (χ1) is 13.5. The van der Waals surface area contributed by atoms with Gasteiger partial charge in [0.25, 0.3) is 0 Å². The number of rotatable bonds is 6. The van der Waals surface area contributed by atoms with Crippen molar-refractivity contribution in [1.29, 1.82) is 0 Å². The second kappa shape index (κ2) is 9.01. The predicted molar refractivity (Wildman–Crippen MR) is 113 cm³/mol. The first kappa shape index (κ1) is 20.1. The van der Waals surface area contributed by atoms with Gasteiger partial charge in [-0.1, -0.05) is 18.2 Å². The van der Waals surface area contributed by atoms with E-state index in [1.165, 1.54) is 24.0 Å². The SMILES string of the molecule is COc1ccccc1CN(C(C)=O)c1ccc(F)nc1Oc1ccc(I)cc1. The number of carbonyl (C=O) groups excluding carboxylic acids is 1. The van der Waals surface area contributed by atoms with Gasteiger partial charge < -0.3 is 14.4 Å². The molecule has 0 saturated heterocycles. The number of benzene rings is 2. The molecule has 1 aromatic heterocycles. The lowest BCUT2D eigenvalue weighted by Crippen LogP contribution is -2.28. The molecule has 3 aromatic rings. The van der Waals surface area contributed by atoms with Crippen LogP contribution in [0.3, 0.4) is 0 Å². The summed E-state index contributed by atoms with van der Waals surface area (Å²) in [5.74, 6) is 0.257. The summed E-state index contributed by atoms with van der Waals surface area (Å²) >= 11 is 2.18. The molecule has 0 saturated carbocycles. The van der Waals surface area contributed by atoms with Gasteiger partial charge in [-0.2, -0.15) is 9.37 Å². The average Bonchev–Trinajstić information content (AvgIpc) is 2.68. The quantitative estimate of drug-likeness (QED) is 0.352. The van der Waals surface area contributed by atoms with E-state index in [9.17, 15) is 9.18 Å². The average molecular weight is 492 g/mol. The van der Waals surface area contributed by atoms with E-state index in [-0.39, 0.29) is 18.3 Å². The van der Waals surface area contributed by atoms with Crippen molar-refractivity contribution in [3.63, 3.8) is 0 Å². The number of nitrogens with zero attached hydrogens (tertiary/aromatic N) is 2. The van der Waals surface area contributed by atoms with Crippen LogP contribution in [0.1, 0.15) is 12.5 Å². The summed E-state index contributed by atoms with van der Waals surface area (Å²) in [6, 6.07) is 17.3. The minimum atomic E-state index is -0.690. The highest BCUT2D eigenvalue weighted by atomic mass is 127. The Bertz CT molecular complexity index is 980. The molecule has 5 nitrogen and oxygen atoms in total. The lowest BCUT2D eigenvalue weighted by molar-refractivity contribution is -0.116. The Morgan fingerprint density at radius 1 is 1.11 bits per heavy atom. The highest BCUT2D eigenvalue weighted by Crippen LogP contribution is 2.33. The van der Waals surface area contributed by atoms with Crippen LogP contribution < -0.4 is 14.4 Å². The molecular formula is C21H18FIN2O3. The molecule has 0 unspecified atom stereocenters. The van der Waals surface area contributed by atoms with Crippen molar-refractivity contribution in [3.05, 3.63) is 75.7 Å². The van der Waals surface area contributed by atoms with E-state index in [1.807, 2.05) is 36.4 Å². The lowest BCUT2D eigenvalue weighted by Gasteiger charge is -2.24. The fourth-order valence-corrected chi connectivity index (χ4v) is 3.03. The zero-order valence-electron chi connectivity index (χ0n) is 15.4. The molecule has 7 heteroatoms. The monoisotopic (exact) mass is 492 g/mol. The number of halogens is 2. The Hall–Kier alpha value is -2.68. The summed E-state index contributed by atoms with van der Waals surface area (Å²) in [5, 5.41) is 0. The molecule has 0 bridgehead atoms. The van der Waals surface area contributed by atoms with Gasteiger partial charge in [0.2, 0.25) is 17.7 Å². The Balaban J connectivity index is 1.98. The summed E-state index contributed by atoms with van der Waals surface area (Å²) in [6.07, 6.45) is 0. The normalized spacial score (nSPS) is 10.4. The molecule has 1 heterocycles. The van der Waals surface area contributed by atoms with Crippen LogP contribution >= 0.6 is 22.6 Å². The summed E-state index contributed by atoms with van der Waals surface area (Å²) < 4.78 is 26.0. The van der Waals surface area contributed by atoms with Crippen LogP contribution in [0.25, 0.3) is 0 Å². The second-order valence-corrected chi connectivity index (χ2v) is 7.18. The fraction of sp³-hybridized carbons (Fsp3) is 0.143. The lowest BCUT2D eigenvalue weighted by atomic mass is 10.1. The molecule has 0 radical (unpaired) electrons. The van der Waals surface area contributed by atoms with Crippen LogP contribution in [0.15, 0.2) is 60.7 Å². The third-order valence-corrected chi connectivity index (χ3v) is 4.75. The maximum Gasteiger partial charge on any atom is 0.246 e. The highest BCUT2D eigenvalue weighted by Gasteiger charge is 2.21. The van der Waals surface area contributed by atoms with E-state index in [0.29, 0.717) is 17.2 Å². The van der Waals surface area contributed by atoms with Crippen molar-refractivity contribution >= 4 is 34.2 Å². The van der Waals surface area contributed by atoms with Gasteiger partial charge in [-0.25, -0.2) is 0 Å². The number of ether oxygens (including phenoxy) is 2. The minimum absolute atomic E-state index is 0.0197. The van der Waals surface area contributed by atoms with Crippen molar-refractivity contribution in [2.45, 2.75) is 13.5 Å². The molecule has 0 atom stereocenters. The van der Waals surface area contributed by atoms with E-state index < -0.39 is 5.95 Å². The van der Waals surface area contributed by atoms with Gasteiger partial charge in [-0.3, -0.25) is 4.79 Å². The van der Waals surface area contributed by atoms with Crippen molar-refractivity contribution < 1.29 is 18.7 Å². The highest BCUT2D eigenvalue weighted by molar-refractivity contribution is 14.1. The molecule has 1 amide bonds. The summed E-state index contributed by atoms with van der Waals surface area (Å²) in [7, 11) is 1.57. The molecule has 0 N–H and O–H groups in total. The van der Waals surface area contributed by atoms with Gasteiger partial charge in [0.15, 0.2) is 0 Å². The Morgan fingerprint density at radius 2 is 1.82 bits per heavy atom. The van der Waals surface area contributed by atoms with Crippen molar-refractivity contribution in [2.24, 2.45) is 0 Å². The van der Waals surface area contributed by atoms with E-state index >= 15 is 0 Å². The predicted octanol–water partition coefficient (Wildman–Crippen LogP) is 5.18. The second-order valence-electron chi connectivity index (χ2n) is 5.93. The molecule has 0 aliphatic carbocycles. The smallest absolute Gasteiger partial charge is 0.246 e. The molecule has 0 aliphatic rings. The van der Waals surface area contributed by atoms with Crippen LogP contribution in [0.4, 0.5) is 10.1 Å². The maximum atomic E-state index is 13.8. The van der Waals surface area contributed by atoms with Crippen LogP contribution in [0.2, 0.25) is 0 Å². The fourth-order valence-electron chi connectivity index (χ4n) is 2.68. The minimum Gasteiger partial charge on any atom is -0.496 e. The van der Waals surface area contributed by atoms with Gasteiger partial charge in [0.05, 0.1) is 13.7 Å². The van der Waals surface area contributed by atoms with E-state index in [0.717, 1.165) is 9.13 Å². The zero-order chi connectivity index (χ0) is 20.1. The van der Waals surface area contributed by atoms with E-state index in [2.05, 4.69) is 27.6 Å². The number of amides is 1. The zero-order valence-corrected chi connectivity index (χ0v) is 17.5. The van der Waals surface area contributed by atoms with Crippen LogP contribution in [0, 0.1) is 9.52 Å². The molecule has 0 aliphatic heterocycles. The first-order valence-corrected chi connectivity index (χ1v) is 9.56. The Kier molecular flexibility index (Phi) is 6.45. The molecule has 2 aromatic carbocycles. The Labute approximate surface area is 176 Å². The van der Waals surface area contributed by atoms with Gasteiger partial charge in [-0.15, -0.1) is 0 Å². The van der Waals surface area contributed by atoms with Gasteiger partial charge in [-0.05, 0) is 65.1 Å². The first-order valence-electron chi connectivity index (χ1n) is 8.48. The number of para-hydroxylation sites is 1.